The lowest BCUT2D eigenvalue weighted by atomic mass is 10.0. The van der Waals surface area contributed by atoms with Crippen LogP contribution in [0.2, 0.25) is 0 Å². The maximum Gasteiger partial charge on any atom is 0.410 e. The van der Waals surface area contributed by atoms with Crippen LogP contribution in [0.4, 0.5) is 10.6 Å². The second kappa shape index (κ2) is 6.86. The molecule has 1 fully saturated rings. The van der Waals surface area contributed by atoms with Gasteiger partial charge in [-0.3, -0.25) is 0 Å². The van der Waals surface area contributed by atoms with E-state index in [-0.39, 0.29) is 12.1 Å². The number of hydrogen-bond acceptors (Lipinski definition) is 4. The molecule has 0 saturated carbocycles. The van der Waals surface area contributed by atoms with Crippen LogP contribution in [0.5, 0.6) is 0 Å². The van der Waals surface area contributed by atoms with Gasteiger partial charge >= 0.3 is 6.09 Å². The van der Waals surface area contributed by atoms with Crippen molar-refractivity contribution in [3.8, 4) is 0 Å². The van der Waals surface area contributed by atoms with E-state index in [1.54, 1.807) is 11.1 Å². The van der Waals surface area contributed by atoms with Crippen molar-refractivity contribution in [3.05, 3.63) is 22.8 Å². The molecule has 2 rings (SSSR count). The Labute approximate surface area is 140 Å². The highest BCUT2D eigenvalue weighted by Crippen LogP contribution is 2.22. The highest BCUT2D eigenvalue weighted by molar-refractivity contribution is 9.10. The quantitative estimate of drug-likeness (QED) is 0.797. The molecule has 1 atom stereocenters. The average Bonchev–Trinajstić information content (AvgIpc) is 2.46. The van der Waals surface area contributed by atoms with Crippen molar-refractivity contribution < 1.29 is 9.53 Å². The molecule has 1 aromatic heterocycles. The number of nitrogens with zero attached hydrogens (tertiary/aromatic N) is 3. The van der Waals surface area contributed by atoms with Crippen LogP contribution in [0.3, 0.4) is 0 Å². The van der Waals surface area contributed by atoms with Gasteiger partial charge in [0.2, 0.25) is 0 Å². The Balaban J connectivity index is 2.00. The van der Waals surface area contributed by atoms with Crippen molar-refractivity contribution in [1.29, 1.82) is 0 Å². The van der Waals surface area contributed by atoms with Crippen molar-refractivity contribution in [1.82, 2.24) is 9.88 Å². The largest absolute Gasteiger partial charge is 0.444 e. The van der Waals surface area contributed by atoms with Gasteiger partial charge in [0.05, 0.1) is 0 Å². The number of carbonyl (C=O) groups is 1. The maximum absolute atomic E-state index is 12.2. The normalized spacial score (nSPS) is 19.0. The average molecular weight is 370 g/mol. The predicted molar refractivity (Wildman–Crippen MR) is 91.2 cm³/mol. The van der Waals surface area contributed by atoms with Crippen LogP contribution in [0.1, 0.15) is 33.6 Å². The molecule has 0 bridgehead atoms. The topological polar surface area (TPSA) is 45.7 Å². The molecule has 0 N–H and O–H groups in total. The van der Waals surface area contributed by atoms with E-state index in [1.165, 1.54) is 0 Å². The number of halogens is 1. The highest BCUT2D eigenvalue weighted by Gasteiger charge is 2.29. The zero-order valence-corrected chi connectivity index (χ0v) is 15.3. The van der Waals surface area contributed by atoms with Crippen molar-refractivity contribution in [2.24, 2.45) is 0 Å². The lowest BCUT2D eigenvalue weighted by molar-refractivity contribution is 0.0199. The minimum atomic E-state index is -0.455. The first-order valence-electron chi connectivity index (χ1n) is 7.58. The molecule has 6 heteroatoms. The molecule has 0 aromatic carbocycles. The first-order valence-corrected chi connectivity index (χ1v) is 8.38. The third-order valence-electron chi connectivity index (χ3n) is 3.67. The minimum Gasteiger partial charge on any atom is -0.444 e. The van der Waals surface area contributed by atoms with E-state index >= 15 is 0 Å². The first-order chi connectivity index (χ1) is 10.3. The monoisotopic (exact) mass is 369 g/mol. The fourth-order valence-corrected chi connectivity index (χ4v) is 2.76. The van der Waals surface area contributed by atoms with E-state index in [0.717, 1.165) is 29.7 Å². The minimum absolute atomic E-state index is 0.227. The molecular weight excluding hydrogens is 346 g/mol. The molecule has 1 aliphatic heterocycles. The van der Waals surface area contributed by atoms with Crippen LogP contribution in [0.25, 0.3) is 0 Å². The van der Waals surface area contributed by atoms with Crippen molar-refractivity contribution >= 4 is 27.8 Å². The van der Waals surface area contributed by atoms with Crippen molar-refractivity contribution in [2.45, 2.75) is 45.3 Å². The number of pyridine rings is 1. The number of aromatic nitrogens is 1. The molecule has 0 aliphatic carbocycles. The van der Waals surface area contributed by atoms with Crippen LogP contribution >= 0.6 is 15.9 Å². The van der Waals surface area contributed by atoms with Gasteiger partial charge in [0, 0.05) is 36.8 Å². The molecule has 1 amide bonds. The second-order valence-electron chi connectivity index (χ2n) is 6.67. The van der Waals surface area contributed by atoms with Crippen molar-refractivity contribution in [2.75, 3.05) is 25.0 Å². The predicted octanol–water partition coefficient (Wildman–Crippen LogP) is 3.68. The van der Waals surface area contributed by atoms with E-state index in [9.17, 15) is 4.79 Å². The maximum atomic E-state index is 12.2. The van der Waals surface area contributed by atoms with E-state index in [1.807, 2.05) is 40.0 Å². The summed E-state index contributed by atoms with van der Waals surface area (Å²) in [6.45, 7) is 7.11. The molecule has 0 unspecified atom stereocenters. The van der Waals surface area contributed by atoms with E-state index in [0.29, 0.717) is 6.54 Å². The van der Waals surface area contributed by atoms with E-state index in [2.05, 4.69) is 25.8 Å². The number of piperidine rings is 1. The Morgan fingerprint density at radius 2 is 2.18 bits per heavy atom. The highest BCUT2D eigenvalue weighted by atomic mass is 79.9. The van der Waals surface area contributed by atoms with Gasteiger partial charge < -0.3 is 14.5 Å². The molecule has 0 spiro atoms. The Morgan fingerprint density at radius 1 is 1.45 bits per heavy atom. The summed E-state index contributed by atoms with van der Waals surface area (Å²) in [5.41, 5.74) is -0.455. The van der Waals surface area contributed by atoms with Crippen molar-refractivity contribution in [3.63, 3.8) is 0 Å². The zero-order valence-electron chi connectivity index (χ0n) is 13.7. The number of likely N-dealkylation sites (N-methyl/N-ethyl adjacent to an activating group) is 1. The standard InChI is InChI=1S/C16H24BrN3O2/c1-16(2,3)22-15(21)20-9-5-6-13(11-20)19(4)14-8-7-12(17)10-18-14/h7-8,10,13H,5-6,9,11H2,1-4H3/t13-/m0/s1. The number of ether oxygens (including phenoxy) is 1. The molecular formula is C16H24BrN3O2. The van der Waals surface area contributed by atoms with Gasteiger partial charge in [-0.1, -0.05) is 0 Å². The molecule has 1 aromatic rings. The Morgan fingerprint density at radius 3 is 2.77 bits per heavy atom. The smallest absolute Gasteiger partial charge is 0.410 e. The van der Waals surface area contributed by atoms with Crippen LogP contribution in [0, 0.1) is 0 Å². The molecule has 1 saturated heterocycles. The van der Waals surface area contributed by atoms with Gasteiger partial charge in [0.25, 0.3) is 0 Å². The Hall–Kier alpha value is -1.30. The fourth-order valence-electron chi connectivity index (χ4n) is 2.53. The lowest BCUT2D eigenvalue weighted by Gasteiger charge is -2.38. The lowest BCUT2D eigenvalue weighted by Crippen LogP contribution is -2.50. The Bertz CT molecular complexity index is 513. The number of likely N-dealkylation sites (tertiary alicyclic amines) is 1. The Kier molecular flexibility index (Phi) is 5.32. The fraction of sp³-hybridized carbons (Fsp3) is 0.625. The number of amides is 1. The summed E-state index contributed by atoms with van der Waals surface area (Å²) in [6.07, 6.45) is 3.59. The molecule has 22 heavy (non-hydrogen) atoms. The number of rotatable bonds is 2. The summed E-state index contributed by atoms with van der Waals surface area (Å²) in [6, 6.07) is 4.22. The van der Waals surface area contributed by atoms with Gasteiger partial charge in [-0.25, -0.2) is 9.78 Å². The summed E-state index contributed by atoms with van der Waals surface area (Å²) in [5.74, 6) is 0.916. The second-order valence-corrected chi connectivity index (χ2v) is 7.58. The van der Waals surface area contributed by atoms with Crippen LogP contribution < -0.4 is 4.90 Å². The molecule has 5 nitrogen and oxygen atoms in total. The third-order valence-corrected chi connectivity index (χ3v) is 4.14. The van der Waals surface area contributed by atoms with Crippen LogP contribution in [0.15, 0.2) is 22.8 Å². The van der Waals surface area contributed by atoms with E-state index < -0.39 is 5.60 Å². The summed E-state index contributed by atoms with van der Waals surface area (Å²) >= 11 is 3.40. The summed E-state index contributed by atoms with van der Waals surface area (Å²) in [5, 5.41) is 0. The summed E-state index contributed by atoms with van der Waals surface area (Å²) in [7, 11) is 2.03. The first kappa shape index (κ1) is 17.1. The zero-order chi connectivity index (χ0) is 16.3. The van der Waals surface area contributed by atoms with Crippen LogP contribution in [-0.4, -0.2) is 47.8 Å². The van der Waals surface area contributed by atoms with Gasteiger partial charge in [-0.2, -0.15) is 0 Å². The number of hydrogen-bond donors (Lipinski definition) is 0. The van der Waals surface area contributed by atoms with Gasteiger partial charge in [0.15, 0.2) is 0 Å². The summed E-state index contributed by atoms with van der Waals surface area (Å²) < 4.78 is 6.44. The van der Waals surface area contributed by atoms with Gasteiger partial charge in [-0.05, 0) is 61.7 Å². The van der Waals surface area contributed by atoms with Gasteiger partial charge in [-0.15, -0.1) is 0 Å². The van der Waals surface area contributed by atoms with Crippen LogP contribution in [-0.2, 0) is 4.74 Å². The summed E-state index contributed by atoms with van der Waals surface area (Å²) in [4.78, 5) is 20.6. The molecule has 122 valence electrons. The van der Waals surface area contributed by atoms with Gasteiger partial charge in [0.1, 0.15) is 11.4 Å². The van der Waals surface area contributed by atoms with E-state index in [4.69, 9.17) is 4.74 Å². The SMILES string of the molecule is CN(c1ccc(Br)cn1)[C@H]1CCCN(C(=O)OC(C)(C)C)C1. The number of anilines is 1. The molecule has 0 radical (unpaired) electrons. The number of carbonyl (C=O) groups excluding carboxylic acids is 1. The third kappa shape index (κ3) is 4.60. The molecule has 1 aliphatic rings. The molecule has 2 heterocycles.